The summed E-state index contributed by atoms with van der Waals surface area (Å²) in [5.41, 5.74) is 0.587. The van der Waals surface area contributed by atoms with Gasteiger partial charge in [0.05, 0.1) is 18.6 Å². The van der Waals surface area contributed by atoms with E-state index in [1.54, 1.807) is 24.3 Å². The number of rotatable bonds is 7. The van der Waals surface area contributed by atoms with E-state index in [1.165, 1.54) is 13.2 Å². The average molecular weight is 317 g/mol. The molecule has 1 aromatic heterocycles. The van der Waals surface area contributed by atoms with Gasteiger partial charge in [-0.2, -0.15) is 0 Å². The second-order valence-corrected chi connectivity index (χ2v) is 5.16. The normalized spacial score (nSPS) is 11.9. The molecule has 122 valence electrons. The number of benzene rings is 1. The highest BCUT2D eigenvalue weighted by atomic mass is 16.5. The second kappa shape index (κ2) is 7.60. The molecule has 0 radical (unpaired) electrons. The Morgan fingerprint density at radius 3 is 2.61 bits per heavy atom. The molecule has 23 heavy (non-hydrogen) atoms. The van der Waals surface area contributed by atoms with E-state index in [0.29, 0.717) is 11.3 Å². The van der Waals surface area contributed by atoms with Gasteiger partial charge in [-0.05, 0) is 30.7 Å². The Balaban J connectivity index is 2.09. The number of furan rings is 1. The first-order chi connectivity index (χ1) is 11.0. The summed E-state index contributed by atoms with van der Waals surface area (Å²) in [6.07, 6.45) is -0.0254. The van der Waals surface area contributed by atoms with E-state index in [1.807, 2.05) is 13.0 Å². The lowest BCUT2D eigenvalue weighted by Crippen LogP contribution is -2.32. The maximum Gasteiger partial charge on any atom is 0.335 e. The maximum absolute atomic E-state index is 12.3. The first-order valence-electron chi connectivity index (χ1n) is 7.17. The molecule has 2 N–H and O–H groups in total. The van der Waals surface area contributed by atoms with Gasteiger partial charge >= 0.3 is 5.97 Å². The summed E-state index contributed by atoms with van der Waals surface area (Å²) >= 11 is 0. The quantitative estimate of drug-likeness (QED) is 0.818. The van der Waals surface area contributed by atoms with Gasteiger partial charge in [-0.15, -0.1) is 0 Å². The van der Waals surface area contributed by atoms with Crippen molar-refractivity contribution < 1.29 is 23.8 Å². The van der Waals surface area contributed by atoms with E-state index in [4.69, 9.17) is 14.3 Å². The molecule has 0 saturated heterocycles. The molecule has 2 aromatic rings. The van der Waals surface area contributed by atoms with Crippen LogP contribution in [-0.4, -0.2) is 30.7 Å². The molecule has 0 aliphatic carbocycles. The van der Waals surface area contributed by atoms with E-state index in [0.717, 1.165) is 5.76 Å². The minimum Gasteiger partial charge on any atom is -0.478 e. The third-order valence-corrected chi connectivity index (χ3v) is 3.37. The van der Waals surface area contributed by atoms with Gasteiger partial charge < -0.3 is 19.6 Å². The van der Waals surface area contributed by atoms with E-state index in [2.05, 4.69) is 5.32 Å². The highest BCUT2D eigenvalue weighted by Gasteiger charge is 2.19. The van der Waals surface area contributed by atoms with Gasteiger partial charge in [0, 0.05) is 7.11 Å². The highest BCUT2D eigenvalue weighted by molar-refractivity contribution is 5.91. The molecule has 0 aliphatic rings. The van der Waals surface area contributed by atoms with Gasteiger partial charge in [-0.1, -0.05) is 18.2 Å². The Morgan fingerprint density at radius 2 is 2.00 bits per heavy atom. The van der Waals surface area contributed by atoms with E-state index < -0.39 is 12.0 Å². The molecule has 1 atom stereocenters. The Morgan fingerprint density at radius 1 is 1.26 bits per heavy atom. The van der Waals surface area contributed by atoms with Crippen molar-refractivity contribution >= 4 is 11.9 Å². The Labute approximate surface area is 134 Å². The van der Waals surface area contributed by atoms with Crippen molar-refractivity contribution in [2.45, 2.75) is 19.4 Å². The Hall–Kier alpha value is -2.60. The van der Waals surface area contributed by atoms with Crippen LogP contribution in [0.2, 0.25) is 0 Å². The third-order valence-electron chi connectivity index (χ3n) is 3.37. The molecule has 0 bridgehead atoms. The topological polar surface area (TPSA) is 88.8 Å². The number of hydrogen-bond donors (Lipinski definition) is 2. The number of aromatic carboxylic acids is 1. The zero-order valence-corrected chi connectivity index (χ0v) is 13.0. The first-order valence-corrected chi connectivity index (χ1v) is 7.17. The molecule has 0 fully saturated rings. The lowest BCUT2D eigenvalue weighted by molar-refractivity contribution is -0.121. The number of carbonyl (C=O) groups excluding carboxylic acids is 1. The molecule has 0 saturated carbocycles. The van der Waals surface area contributed by atoms with E-state index in [-0.39, 0.29) is 24.5 Å². The standard InChI is InChI=1S/C17H19NO5/c1-11-7-8-15(23-11)14(10-22-2)18-16(19)9-12-5-3-4-6-13(12)17(20)21/h3-8,14H,9-10H2,1-2H3,(H,18,19)(H,20,21). The molecular formula is C17H19NO5. The molecule has 1 aromatic carbocycles. The largest absolute Gasteiger partial charge is 0.478 e. The van der Waals surface area contributed by atoms with Crippen LogP contribution in [0.5, 0.6) is 0 Å². The average Bonchev–Trinajstić information content (AvgIpc) is 2.93. The van der Waals surface area contributed by atoms with Crippen LogP contribution in [0.25, 0.3) is 0 Å². The summed E-state index contributed by atoms with van der Waals surface area (Å²) in [4.78, 5) is 23.4. The number of ether oxygens (including phenoxy) is 1. The van der Waals surface area contributed by atoms with Crippen LogP contribution < -0.4 is 5.32 Å². The zero-order chi connectivity index (χ0) is 16.8. The number of carboxylic acid groups (broad SMARTS) is 1. The van der Waals surface area contributed by atoms with Crippen molar-refractivity contribution in [1.29, 1.82) is 0 Å². The number of amides is 1. The number of hydrogen-bond acceptors (Lipinski definition) is 4. The van der Waals surface area contributed by atoms with Crippen molar-refractivity contribution in [2.75, 3.05) is 13.7 Å². The number of carbonyl (C=O) groups is 2. The van der Waals surface area contributed by atoms with Crippen molar-refractivity contribution in [1.82, 2.24) is 5.32 Å². The lowest BCUT2D eigenvalue weighted by Gasteiger charge is -2.16. The molecule has 6 heteroatoms. The fourth-order valence-corrected chi connectivity index (χ4v) is 2.30. The van der Waals surface area contributed by atoms with Gasteiger partial charge in [-0.25, -0.2) is 4.79 Å². The van der Waals surface area contributed by atoms with Gasteiger partial charge in [0.1, 0.15) is 17.6 Å². The van der Waals surface area contributed by atoms with E-state index in [9.17, 15) is 9.59 Å². The first kappa shape index (κ1) is 16.8. The predicted octanol–water partition coefficient (Wildman–Crippen LogP) is 2.33. The van der Waals surface area contributed by atoms with Crippen LogP contribution in [0.4, 0.5) is 0 Å². The summed E-state index contributed by atoms with van der Waals surface area (Å²) in [5, 5.41) is 12.0. The Bertz CT molecular complexity index is 692. The minimum atomic E-state index is -1.05. The van der Waals surface area contributed by atoms with Crippen LogP contribution in [-0.2, 0) is 16.0 Å². The third kappa shape index (κ3) is 4.43. The fraction of sp³-hybridized carbons (Fsp3) is 0.294. The van der Waals surface area contributed by atoms with Crippen molar-refractivity contribution in [3.8, 4) is 0 Å². The summed E-state index contributed by atoms with van der Waals surface area (Å²) in [7, 11) is 1.54. The van der Waals surface area contributed by atoms with Gasteiger partial charge in [0.2, 0.25) is 5.91 Å². The summed E-state index contributed by atoms with van der Waals surface area (Å²) in [6, 6.07) is 9.62. The van der Waals surface area contributed by atoms with Crippen molar-refractivity contribution in [3.63, 3.8) is 0 Å². The molecule has 2 rings (SSSR count). The van der Waals surface area contributed by atoms with Crippen LogP contribution in [0.3, 0.4) is 0 Å². The summed E-state index contributed by atoms with van der Waals surface area (Å²) in [5.74, 6) is -0.00546. The molecule has 1 amide bonds. The lowest BCUT2D eigenvalue weighted by atomic mass is 10.0. The summed E-state index contributed by atoms with van der Waals surface area (Å²) < 4.78 is 10.6. The zero-order valence-electron chi connectivity index (χ0n) is 13.0. The van der Waals surface area contributed by atoms with Gasteiger partial charge in [0.15, 0.2) is 0 Å². The maximum atomic E-state index is 12.3. The van der Waals surface area contributed by atoms with Crippen molar-refractivity contribution in [3.05, 3.63) is 59.0 Å². The van der Waals surface area contributed by atoms with Gasteiger partial charge in [-0.3, -0.25) is 4.79 Å². The monoisotopic (exact) mass is 317 g/mol. The molecular weight excluding hydrogens is 298 g/mol. The fourth-order valence-electron chi connectivity index (χ4n) is 2.30. The molecule has 0 spiro atoms. The van der Waals surface area contributed by atoms with Crippen molar-refractivity contribution in [2.24, 2.45) is 0 Å². The number of nitrogens with one attached hydrogen (secondary N) is 1. The molecule has 0 aliphatic heterocycles. The van der Waals surface area contributed by atoms with Crippen LogP contribution in [0.1, 0.15) is 33.5 Å². The van der Waals surface area contributed by atoms with Crippen LogP contribution >= 0.6 is 0 Å². The smallest absolute Gasteiger partial charge is 0.335 e. The minimum absolute atomic E-state index is 0.0254. The van der Waals surface area contributed by atoms with Crippen LogP contribution in [0.15, 0.2) is 40.8 Å². The second-order valence-electron chi connectivity index (χ2n) is 5.16. The van der Waals surface area contributed by atoms with E-state index >= 15 is 0 Å². The molecule has 6 nitrogen and oxygen atoms in total. The van der Waals surface area contributed by atoms with Crippen LogP contribution in [0, 0.1) is 6.92 Å². The predicted molar refractivity (Wildman–Crippen MR) is 83.3 cm³/mol. The number of carboxylic acids is 1. The molecule has 1 unspecified atom stereocenters. The van der Waals surface area contributed by atoms with Gasteiger partial charge in [0.25, 0.3) is 0 Å². The Kier molecular flexibility index (Phi) is 5.54. The highest BCUT2D eigenvalue weighted by Crippen LogP contribution is 2.17. The summed E-state index contributed by atoms with van der Waals surface area (Å²) in [6.45, 7) is 2.08. The number of aryl methyl sites for hydroxylation is 1. The molecule has 1 heterocycles. The number of methoxy groups -OCH3 is 1. The SMILES string of the molecule is COCC(NC(=O)Cc1ccccc1C(=O)O)c1ccc(C)o1.